The number of hydrogen-bond donors (Lipinski definition) is 2. The molecule has 0 unspecified atom stereocenters. The highest BCUT2D eigenvalue weighted by Gasteiger charge is 2.13. The van der Waals surface area contributed by atoms with Crippen molar-refractivity contribution in [3.05, 3.63) is 64.2 Å². The number of rotatable bonds is 6. The number of carbonyl (C=O) groups is 2. The molecule has 0 bridgehead atoms. The van der Waals surface area contributed by atoms with Crippen molar-refractivity contribution in [3.8, 4) is 5.75 Å². The molecule has 2 N–H and O–H groups in total. The van der Waals surface area contributed by atoms with Crippen molar-refractivity contribution in [2.75, 3.05) is 12.9 Å². The van der Waals surface area contributed by atoms with E-state index in [0.29, 0.717) is 10.8 Å². The van der Waals surface area contributed by atoms with Gasteiger partial charge in [-0.15, -0.1) is 11.8 Å². The summed E-state index contributed by atoms with van der Waals surface area (Å²) in [4.78, 5) is 24.0. The van der Waals surface area contributed by atoms with E-state index in [1.165, 1.54) is 30.5 Å². The topological polar surface area (TPSA) is 67.4 Å². The summed E-state index contributed by atoms with van der Waals surface area (Å²) in [6.45, 7) is 2.03. The second kappa shape index (κ2) is 9.34. The number of hydrogen-bond acceptors (Lipinski definition) is 4. The van der Waals surface area contributed by atoms with Crippen molar-refractivity contribution in [2.45, 2.75) is 12.7 Å². The van der Waals surface area contributed by atoms with Gasteiger partial charge in [0, 0.05) is 10.8 Å². The number of benzene rings is 2. The Kier molecular flexibility index (Phi) is 7.16. The lowest BCUT2D eigenvalue weighted by atomic mass is 10.2. The average Bonchev–Trinajstić information content (AvgIpc) is 2.61. The summed E-state index contributed by atoms with van der Waals surface area (Å²) >= 11 is 7.36. The summed E-state index contributed by atoms with van der Waals surface area (Å²) in [6, 6.07) is 12.8. The Labute approximate surface area is 156 Å². The van der Waals surface area contributed by atoms with Crippen LogP contribution in [0, 0.1) is 6.92 Å². The standard InChI is InChI=1S/C18H19ClN2O3S/c1-12-3-5-13(6-4-12)10-25-11-17(22)20-21-18(23)15-9-14(19)7-8-16(15)24-2/h3-9H,10-11H2,1-2H3,(H,20,22)(H,21,23). The third-order valence-corrected chi connectivity index (χ3v) is 4.58. The van der Waals surface area contributed by atoms with Gasteiger partial charge in [0.25, 0.3) is 5.91 Å². The number of nitrogens with one attached hydrogen (secondary N) is 2. The van der Waals surface area contributed by atoms with E-state index in [1.807, 2.05) is 31.2 Å². The van der Waals surface area contributed by atoms with Crippen LogP contribution in [0.1, 0.15) is 21.5 Å². The normalized spacial score (nSPS) is 10.2. The number of carbonyl (C=O) groups excluding carboxylic acids is 2. The molecule has 7 heteroatoms. The number of hydrazine groups is 1. The fraction of sp³-hybridized carbons (Fsp3) is 0.222. The van der Waals surface area contributed by atoms with Gasteiger partial charge < -0.3 is 4.74 Å². The number of aryl methyl sites for hydroxylation is 1. The van der Waals surface area contributed by atoms with Gasteiger partial charge in [-0.2, -0.15) is 0 Å². The Morgan fingerprint density at radius 3 is 2.52 bits per heavy atom. The van der Waals surface area contributed by atoms with Crippen LogP contribution in [0.2, 0.25) is 5.02 Å². The van der Waals surface area contributed by atoms with E-state index in [-0.39, 0.29) is 17.2 Å². The van der Waals surface area contributed by atoms with E-state index in [1.54, 1.807) is 12.1 Å². The Bertz CT molecular complexity index is 750. The molecule has 2 aromatic carbocycles. The van der Waals surface area contributed by atoms with E-state index in [2.05, 4.69) is 10.9 Å². The first-order valence-corrected chi connectivity index (χ1v) is 9.09. The van der Waals surface area contributed by atoms with Crippen molar-refractivity contribution in [1.82, 2.24) is 10.9 Å². The highest BCUT2D eigenvalue weighted by Crippen LogP contribution is 2.22. The maximum absolute atomic E-state index is 12.1. The highest BCUT2D eigenvalue weighted by atomic mass is 35.5. The molecule has 5 nitrogen and oxygen atoms in total. The summed E-state index contributed by atoms with van der Waals surface area (Å²) in [5.74, 6) is 0.567. The van der Waals surface area contributed by atoms with Gasteiger partial charge >= 0.3 is 0 Å². The average molecular weight is 379 g/mol. The predicted octanol–water partition coefficient (Wildman–Crippen LogP) is 3.35. The molecule has 0 aromatic heterocycles. The second-order valence-corrected chi connectivity index (χ2v) is 6.75. The first kappa shape index (κ1) is 19.1. The zero-order valence-electron chi connectivity index (χ0n) is 14.0. The molecule has 132 valence electrons. The molecule has 0 fully saturated rings. The third-order valence-electron chi connectivity index (χ3n) is 3.34. The number of halogens is 1. The zero-order valence-corrected chi connectivity index (χ0v) is 15.5. The molecule has 0 atom stereocenters. The molecule has 25 heavy (non-hydrogen) atoms. The fourth-order valence-corrected chi connectivity index (χ4v) is 2.99. The van der Waals surface area contributed by atoms with E-state index >= 15 is 0 Å². The van der Waals surface area contributed by atoms with Gasteiger partial charge in [-0.1, -0.05) is 41.4 Å². The van der Waals surface area contributed by atoms with Crippen molar-refractivity contribution < 1.29 is 14.3 Å². The molecular weight excluding hydrogens is 360 g/mol. The van der Waals surface area contributed by atoms with Crippen LogP contribution < -0.4 is 15.6 Å². The molecule has 0 saturated carbocycles. The summed E-state index contributed by atoms with van der Waals surface area (Å²) < 4.78 is 5.11. The SMILES string of the molecule is COc1ccc(Cl)cc1C(=O)NNC(=O)CSCc1ccc(C)cc1. The van der Waals surface area contributed by atoms with Gasteiger partial charge in [-0.25, -0.2) is 0 Å². The van der Waals surface area contributed by atoms with Gasteiger partial charge in [-0.3, -0.25) is 20.4 Å². The van der Waals surface area contributed by atoms with Gasteiger partial charge in [-0.05, 0) is 30.7 Å². The fourth-order valence-electron chi connectivity index (χ4n) is 2.03. The van der Waals surface area contributed by atoms with Crippen molar-refractivity contribution in [3.63, 3.8) is 0 Å². The number of methoxy groups -OCH3 is 1. The van der Waals surface area contributed by atoms with Crippen molar-refractivity contribution in [1.29, 1.82) is 0 Å². The summed E-state index contributed by atoms with van der Waals surface area (Å²) in [5.41, 5.74) is 7.36. The zero-order chi connectivity index (χ0) is 18.2. The smallest absolute Gasteiger partial charge is 0.273 e. The van der Waals surface area contributed by atoms with Crippen molar-refractivity contribution in [2.24, 2.45) is 0 Å². The maximum atomic E-state index is 12.1. The first-order valence-electron chi connectivity index (χ1n) is 7.55. The Morgan fingerprint density at radius 1 is 1.12 bits per heavy atom. The largest absolute Gasteiger partial charge is 0.496 e. The summed E-state index contributed by atoms with van der Waals surface area (Å²) in [5, 5.41) is 0.408. The lowest BCUT2D eigenvalue weighted by Crippen LogP contribution is -2.42. The summed E-state index contributed by atoms with van der Waals surface area (Å²) in [7, 11) is 1.46. The molecule has 2 aromatic rings. The van der Waals surface area contributed by atoms with E-state index in [9.17, 15) is 9.59 Å². The number of ether oxygens (including phenoxy) is 1. The van der Waals surface area contributed by atoms with Crippen molar-refractivity contribution >= 4 is 35.2 Å². The number of thioether (sulfide) groups is 1. The lowest BCUT2D eigenvalue weighted by Gasteiger charge is -2.10. The van der Waals surface area contributed by atoms with Gasteiger partial charge in [0.05, 0.1) is 18.4 Å². The van der Waals surface area contributed by atoms with E-state index in [0.717, 1.165) is 11.3 Å². The lowest BCUT2D eigenvalue weighted by molar-refractivity contribution is -0.119. The molecule has 0 heterocycles. The molecule has 0 spiro atoms. The minimum Gasteiger partial charge on any atom is -0.496 e. The Morgan fingerprint density at radius 2 is 1.84 bits per heavy atom. The van der Waals surface area contributed by atoms with E-state index < -0.39 is 5.91 Å². The highest BCUT2D eigenvalue weighted by molar-refractivity contribution is 7.99. The van der Waals surface area contributed by atoms with Crippen LogP contribution in [0.4, 0.5) is 0 Å². The van der Waals surface area contributed by atoms with Crippen LogP contribution in [0.15, 0.2) is 42.5 Å². The third kappa shape index (κ3) is 5.99. The van der Waals surface area contributed by atoms with Crippen LogP contribution in [-0.4, -0.2) is 24.7 Å². The van der Waals surface area contributed by atoms with E-state index in [4.69, 9.17) is 16.3 Å². The molecule has 0 aliphatic carbocycles. The van der Waals surface area contributed by atoms with Crippen LogP contribution in [0.25, 0.3) is 0 Å². The molecule has 0 radical (unpaired) electrons. The minimum absolute atomic E-state index is 0.237. The second-order valence-electron chi connectivity index (χ2n) is 5.33. The van der Waals surface area contributed by atoms with Crippen LogP contribution >= 0.6 is 23.4 Å². The quantitative estimate of drug-likeness (QED) is 0.756. The molecule has 0 aliphatic rings. The van der Waals surface area contributed by atoms with Gasteiger partial charge in [0.2, 0.25) is 5.91 Å². The van der Waals surface area contributed by atoms with Gasteiger partial charge in [0.15, 0.2) is 0 Å². The van der Waals surface area contributed by atoms with Crippen LogP contribution in [-0.2, 0) is 10.5 Å². The number of amides is 2. The minimum atomic E-state index is -0.490. The molecular formula is C18H19ClN2O3S. The van der Waals surface area contributed by atoms with Crippen LogP contribution in [0.3, 0.4) is 0 Å². The monoisotopic (exact) mass is 378 g/mol. The molecule has 2 amide bonds. The maximum Gasteiger partial charge on any atom is 0.273 e. The Hall–Kier alpha value is -2.18. The molecule has 0 saturated heterocycles. The Balaban J connectivity index is 1.78. The summed E-state index contributed by atoms with van der Waals surface area (Å²) in [6.07, 6.45) is 0. The van der Waals surface area contributed by atoms with Crippen LogP contribution in [0.5, 0.6) is 5.75 Å². The molecule has 2 rings (SSSR count). The van der Waals surface area contributed by atoms with Gasteiger partial charge in [0.1, 0.15) is 5.75 Å². The first-order chi connectivity index (χ1) is 12.0. The predicted molar refractivity (Wildman–Crippen MR) is 101 cm³/mol. The molecule has 0 aliphatic heterocycles.